The van der Waals surface area contributed by atoms with Crippen LogP contribution in [-0.2, 0) is 11.3 Å². The van der Waals surface area contributed by atoms with Crippen molar-refractivity contribution in [2.75, 3.05) is 20.3 Å². The molecule has 0 aliphatic carbocycles. The van der Waals surface area contributed by atoms with Crippen molar-refractivity contribution in [3.05, 3.63) is 48.3 Å². The standard InChI is InChI=1S/C16H23N3O2/c1-16(20,9-11-21-2)13-17-12-14-8-10-19(18-14)15-6-4-3-5-7-15/h3-8,10,17,20H,9,11-13H2,1-2H3. The molecule has 0 bridgehead atoms. The number of ether oxygens (including phenoxy) is 1. The Morgan fingerprint density at radius 2 is 2.05 bits per heavy atom. The highest BCUT2D eigenvalue weighted by Crippen LogP contribution is 2.09. The van der Waals surface area contributed by atoms with Crippen LogP contribution in [0.15, 0.2) is 42.6 Å². The molecular formula is C16H23N3O2. The molecule has 21 heavy (non-hydrogen) atoms. The van der Waals surface area contributed by atoms with Crippen LogP contribution in [0.3, 0.4) is 0 Å². The average Bonchev–Trinajstić information content (AvgIpc) is 2.95. The van der Waals surface area contributed by atoms with Gasteiger partial charge in [0.15, 0.2) is 0 Å². The van der Waals surface area contributed by atoms with Gasteiger partial charge in [-0.25, -0.2) is 4.68 Å². The molecule has 5 heteroatoms. The smallest absolute Gasteiger partial charge is 0.0766 e. The molecule has 0 aliphatic heterocycles. The topological polar surface area (TPSA) is 59.3 Å². The fourth-order valence-electron chi connectivity index (χ4n) is 2.05. The van der Waals surface area contributed by atoms with Crippen LogP contribution in [0, 0.1) is 0 Å². The third-order valence-electron chi connectivity index (χ3n) is 3.32. The Morgan fingerprint density at radius 1 is 1.29 bits per heavy atom. The van der Waals surface area contributed by atoms with Crippen LogP contribution in [0.1, 0.15) is 19.0 Å². The Bertz CT molecular complexity index is 537. The number of methoxy groups -OCH3 is 1. The third-order valence-corrected chi connectivity index (χ3v) is 3.32. The first-order valence-electron chi connectivity index (χ1n) is 7.13. The first-order chi connectivity index (χ1) is 10.1. The molecule has 0 amide bonds. The molecule has 0 radical (unpaired) electrons. The van der Waals surface area contributed by atoms with E-state index in [1.807, 2.05) is 54.2 Å². The lowest BCUT2D eigenvalue weighted by molar-refractivity contribution is 0.0247. The van der Waals surface area contributed by atoms with E-state index in [2.05, 4.69) is 10.4 Å². The molecule has 0 fully saturated rings. The van der Waals surface area contributed by atoms with Crippen LogP contribution in [0.2, 0.25) is 0 Å². The molecule has 1 unspecified atom stereocenters. The van der Waals surface area contributed by atoms with Crippen molar-refractivity contribution in [3.63, 3.8) is 0 Å². The fraction of sp³-hybridized carbons (Fsp3) is 0.438. The summed E-state index contributed by atoms with van der Waals surface area (Å²) in [6.07, 6.45) is 2.55. The fourth-order valence-corrected chi connectivity index (χ4v) is 2.05. The molecule has 1 aromatic heterocycles. The summed E-state index contributed by atoms with van der Waals surface area (Å²) in [5.41, 5.74) is 1.22. The normalized spacial score (nSPS) is 14.0. The Kier molecular flexibility index (Phi) is 5.50. The second-order valence-electron chi connectivity index (χ2n) is 5.43. The van der Waals surface area contributed by atoms with E-state index in [0.717, 1.165) is 11.4 Å². The van der Waals surface area contributed by atoms with E-state index in [4.69, 9.17) is 4.74 Å². The predicted molar refractivity (Wildman–Crippen MR) is 82.4 cm³/mol. The summed E-state index contributed by atoms with van der Waals surface area (Å²) in [5.74, 6) is 0. The van der Waals surface area contributed by atoms with Crippen LogP contribution in [0.25, 0.3) is 5.69 Å². The summed E-state index contributed by atoms with van der Waals surface area (Å²) >= 11 is 0. The van der Waals surface area contributed by atoms with Gasteiger partial charge in [0.05, 0.1) is 17.0 Å². The maximum atomic E-state index is 10.1. The van der Waals surface area contributed by atoms with Gasteiger partial charge in [0.2, 0.25) is 0 Å². The van der Waals surface area contributed by atoms with Gasteiger partial charge >= 0.3 is 0 Å². The first kappa shape index (κ1) is 15.7. The number of rotatable bonds is 8. The number of nitrogens with one attached hydrogen (secondary N) is 1. The molecule has 0 saturated heterocycles. The monoisotopic (exact) mass is 289 g/mol. The number of aliphatic hydroxyl groups is 1. The third kappa shape index (κ3) is 4.97. The maximum absolute atomic E-state index is 10.1. The van der Waals surface area contributed by atoms with Crippen LogP contribution in [0.4, 0.5) is 0 Å². The summed E-state index contributed by atoms with van der Waals surface area (Å²) in [6, 6.07) is 12.0. The summed E-state index contributed by atoms with van der Waals surface area (Å²) in [4.78, 5) is 0. The van der Waals surface area contributed by atoms with Crippen molar-refractivity contribution < 1.29 is 9.84 Å². The molecule has 1 aromatic carbocycles. The van der Waals surface area contributed by atoms with Crippen molar-refractivity contribution in [2.24, 2.45) is 0 Å². The van der Waals surface area contributed by atoms with Crippen LogP contribution in [-0.4, -0.2) is 40.7 Å². The minimum absolute atomic E-state index is 0.508. The van der Waals surface area contributed by atoms with Gasteiger partial charge in [-0.05, 0) is 25.1 Å². The molecule has 0 spiro atoms. The van der Waals surface area contributed by atoms with E-state index >= 15 is 0 Å². The van der Waals surface area contributed by atoms with Crippen LogP contribution < -0.4 is 5.32 Å². The Morgan fingerprint density at radius 3 is 2.76 bits per heavy atom. The zero-order valence-corrected chi connectivity index (χ0v) is 12.6. The lowest BCUT2D eigenvalue weighted by Crippen LogP contribution is -2.38. The van der Waals surface area contributed by atoms with Gasteiger partial charge in [0.25, 0.3) is 0 Å². The number of hydrogen-bond donors (Lipinski definition) is 2. The molecule has 0 aliphatic rings. The van der Waals surface area contributed by atoms with Crippen molar-refractivity contribution in [3.8, 4) is 5.69 Å². The summed E-state index contributed by atoms with van der Waals surface area (Å²) in [7, 11) is 1.64. The molecule has 114 valence electrons. The van der Waals surface area contributed by atoms with E-state index < -0.39 is 5.60 Å². The quantitative estimate of drug-likeness (QED) is 0.777. The Balaban J connectivity index is 1.83. The van der Waals surface area contributed by atoms with E-state index in [-0.39, 0.29) is 0 Å². The highest BCUT2D eigenvalue weighted by molar-refractivity contribution is 5.30. The van der Waals surface area contributed by atoms with E-state index in [1.54, 1.807) is 7.11 Å². The summed E-state index contributed by atoms with van der Waals surface area (Å²) in [5, 5.41) is 17.9. The number of benzene rings is 1. The molecule has 1 heterocycles. The van der Waals surface area contributed by atoms with Gasteiger partial charge in [0.1, 0.15) is 0 Å². The van der Waals surface area contributed by atoms with Gasteiger partial charge in [-0.2, -0.15) is 5.10 Å². The minimum atomic E-state index is -0.766. The van der Waals surface area contributed by atoms with Gasteiger partial charge in [-0.1, -0.05) is 18.2 Å². The number of hydrogen-bond acceptors (Lipinski definition) is 4. The van der Waals surface area contributed by atoms with Gasteiger partial charge < -0.3 is 15.2 Å². The molecule has 2 rings (SSSR count). The lowest BCUT2D eigenvalue weighted by Gasteiger charge is -2.23. The number of aromatic nitrogens is 2. The summed E-state index contributed by atoms with van der Waals surface area (Å²) < 4.78 is 6.84. The zero-order chi connectivity index (χ0) is 15.1. The van der Waals surface area contributed by atoms with Crippen LogP contribution >= 0.6 is 0 Å². The largest absolute Gasteiger partial charge is 0.389 e. The second kappa shape index (κ2) is 7.36. The SMILES string of the molecule is COCCC(C)(O)CNCc1ccn(-c2ccccc2)n1. The van der Waals surface area contributed by atoms with E-state index in [1.165, 1.54) is 0 Å². The second-order valence-corrected chi connectivity index (χ2v) is 5.43. The number of para-hydroxylation sites is 1. The first-order valence-corrected chi connectivity index (χ1v) is 7.13. The zero-order valence-electron chi connectivity index (χ0n) is 12.6. The molecule has 0 saturated carbocycles. The van der Waals surface area contributed by atoms with Crippen molar-refractivity contribution in [2.45, 2.75) is 25.5 Å². The van der Waals surface area contributed by atoms with E-state index in [9.17, 15) is 5.11 Å². The Hall–Kier alpha value is -1.69. The molecule has 2 N–H and O–H groups in total. The van der Waals surface area contributed by atoms with Crippen LogP contribution in [0.5, 0.6) is 0 Å². The van der Waals surface area contributed by atoms with E-state index in [0.29, 0.717) is 26.1 Å². The highest BCUT2D eigenvalue weighted by Gasteiger charge is 2.19. The summed E-state index contributed by atoms with van der Waals surface area (Å²) in [6.45, 7) is 3.50. The Labute approximate surface area is 125 Å². The molecule has 1 atom stereocenters. The predicted octanol–water partition coefficient (Wildman–Crippen LogP) is 1.75. The highest BCUT2D eigenvalue weighted by atomic mass is 16.5. The molecular weight excluding hydrogens is 266 g/mol. The lowest BCUT2D eigenvalue weighted by atomic mass is 10.0. The van der Waals surface area contributed by atoms with Crippen molar-refractivity contribution in [1.82, 2.24) is 15.1 Å². The maximum Gasteiger partial charge on any atom is 0.0766 e. The minimum Gasteiger partial charge on any atom is -0.389 e. The van der Waals surface area contributed by atoms with Gasteiger partial charge in [0, 0.05) is 39.4 Å². The number of nitrogens with zero attached hydrogens (tertiary/aromatic N) is 2. The molecule has 5 nitrogen and oxygen atoms in total. The average molecular weight is 289 g/mol. The van der Waals surface area contributed by atoms with Gasteiger partial charge in [-0.15, -0.1) is 0 Å². The molecule has 2 aromatic rings. The van der Waals surface area contributed by atoms with Gasteiger partial charge in [-0.3, -0.25) is 0 Å². The van der Waals surface area contributed by atoms with Crippen molar-refractivity contribution >= 4 is 0 Å². The van der Waals surface area contributed by atoms with Crippen molar-refractivity contribution in [1.29, 1.82) is 0 Å².